The number of amides is 2. The number of benzene rings is 1. The smallest absolute Gasteiger partial charge is 0.407 e. The summed E-state index contributed by atoms with van der Waals surface area (Å²) in [6.45, 7) is 5.86. The van der Waals surface area contributed by atoms with Crippen LogP contribution in [0.3, 0.4) is 0 Å². The van der Waals surface area contributed by atoms with Gasteiger partial charge in [-0.2, -0.15) is 0 Å². The second-order valence-corrected chi connectivity index (χ2v) is 6.98. The van der Waals surface area contributed by atoms with Crippen LogP contribution in [0.2, 0.25) is 0 Å². The number of aliphatic hydroxyl groups excluding tert-OH is 1. The minimum absolute atomic E-state index is 0.0107. The molecule has 1 aromatic rings. The van der Waals surface area contributed by atoms with Gasteiger partial charge < -0.3 is 25.8 Å². The lowest BCUT2D eigenvalue weighted by atomic mass is 10.2. The number of anilines is 2. The molecule has 0 unspecified atom stereocenters. The zero-order valence-electron chi connectivity index (χ0n) is 14.1. The van der Waals surface area contributed by atoms with Gasteiger partial charge in [-0.25, -0.2) is 4.79 Å². The Morgan fingerprint density at radius 1 is 1.21 bits per heavy atom. The number of rotatable bonds is 7. The third kappa shape index (κ3) is 8.16. The normalized spacial score (nSPS) is 10.9. The highest BCUT2D eigenvalue weighted by Gasteiger charge is 2.16. The maximum atomic E-state index is 12.0. The maximum absolute atomic E-state index is 12.0. The Morgan fingerprint density at radius 3 is 2.54 bits per heavy atom. The van der Waals surface area contributed by atoms with Gasteiger partial charge in [-0.15, -0.1) is 0 Å². The van der Waals surface area contributed by atoms with E-state index >= 15 is 0 Å². The molecule has 0 radical (unpaired) electrons. The lowest BCUT2D eigenvalue weighted by Gasteiger charge is -2.19. The Balaban J connectivity index is 2.50. The number of hydrogen-bond donors (Lipinski definition) is 4. The van der Waals surface area contributed by atoms with Gasteiger partial charge in [-0.05, 0) is 39.0 Å². The molecule has 0 fully saturated rings. The van der Waals surface area contributed by atoms with E-state index in [0.717, 1.165) is 4.47 Å². The summed E-state index contributed by atoms with van der Waals surface area (Å²) in [7, 11) is 0. The van der Waals surface area contributed by atoms with Crippen molar-refractivity contribution < 1.29 is 19.4 Å². The van der Waals surface area contributed by atoms with Crippen LogP contribution in [0.5, 0.6) is 0 Å². The van der Waals surface area contributed by atoms with Crippen LogP contribution in [0, 0.1) is 0 Å². The van der Waals surface area contributed by atoms with E-state index in [0.29, 0.717) is 17.9 Å². The molecular formula is C16H24BrN3O4. The van der Waals surface area contributed by atoms with Crippen LogP contribution in [0.1, 0.15) is 27.2 Å². The van der Waals surface area contributed by atoms with Crippen molar-refractivity contribution in [1.82, 2.24) is 5.32 Å². The predicted molar refractivity (Wildman–Crippen MR) is 97.2 cm³/mol. The van der Waals surface area contributed by atoms with Crippen LogP contribution in [-0.4, -0.2) is 42.4 Å². The fourth-order valence-electron chi connectivity index (χ4n) is 1.77. The van der Waals surface area contributed by atoms with Crippen molar-refractivity contribution in [3.8, 4) is 0 Å². The molecule has 0 aliphatic heterocycles. The number of aliphatic hydroxyl groups is 1. The zero-order chi connectivity index (χ0) is 18.2. The predicted octanol–water partition coefficient (Wildman–Crippen LogP) is 2.71. The highest BCUT2D eigenvalue weighted by molar-refractivity contribution is 9.10. The number of ether oxygens (including phenoxy) is 1. The van der Waals surface area contributed by atoms with Crippen LogP contribution in [0.25, 0.3) is 0 Å². The third-order valence-corrected chi connectivity index (χ3v) is 3.20. The van der Waals surface area contributed by atoms with Crippen molar-refractivity contribution in [2.45, 2.75) is 32.8 Å². The van der Waals surface area contributed by atoms with Crippen molar-refractivity contribution in [3.63, 3.8) is 0 Å². The van der Waals surface area contributed by atoms with E-state index < -0.39 is 11.7 Å². The van der Waals surface area contributed by atoms with E-state index in [2.05, 4.69) is 31.9 Å². The van der Waals surface area contributed by atoms with Gasteiger partial charge in [0.25, 0.3) is 0 Å². The van der Waals surface area contributed by atoms with E-state index in [9.17, 15) is 9.59 Å². The number of carbonyl (C=O) groups excluding carboxylic acids is 2. The first-order valence-electron chi connectivity index (χ1n) is 7.62. The molecule has 0 bridgehead atoms. The Kier molecular flexibility index (Phi) is 8.00. The van der Waals surface area contributed by atoms with Crippen molar-refractivity contribution >= 4 is 39.3 Å². The van der Waals surface area contributed by atoms with E-state index in [4.69, 9.17) is 9.84 Å². The van der Waals surface area contributed by atoms with E-state index in [1.165, 1.54) is 0 Å². The second kappa shape index (κ2) is 9.48. The molecule has 0 aliphatic rings. The molecule has 0 aliphatic carbocycles. The van der Waals surface area contributed by atoms with Gasteiger partial charge in [0.2, 0.25) is 5.91 Å². The monoisotopic (exact) mass is 401 g/mol. The van der Waals surface area contributed by atoms with Gasteiger partial charge in [0, 0.05) is 24.0 Å². The first-order valence-corrected chi connectivity index (χ1v) is 8.41. The molecule has 0 saturated carbocycles. The molecule has 134 valence electrons. The summed E-state index contributed by atoms with van der Waals surface area (Å²) in [6, 6.07) is 5.40. The lowest BCUT2D eigenvalue weighted by Crippen LogP contribution is -2.34. The minimum atomic E-state index is -0.573. The molecule has 8 heteroatoms. The van der Waals surface area contributed by atoms with E-state index in [-0.39, 0.29) is 25.5 Å². The molecule has 1 aromatic carbocycles. The number of carbonyl (C=O) groups is 2. The van der Waals surface area contributed by atoms with Gasteiger partial charge in [0.05, 0.1) is 18.0 Å². The van der Waals surface area contributed by atoms with Crippen LogP contribution in [0.4, 0.5) is 16.2 Å². The molecule has 1 rings (SSSR count). The van der Waals surface area contributed by atoms with E-state index in [1.807, 2.05) is 6.07 Å². The summed E-state index contributed by atoms with van der Waals surface area (Å²) in [5.74, 6) is -0.240. The summed E-state index contributed by atoms with van der Waals surface area (Å²) in [5.41, 5.74) is 0.733. The van der Waals surface area contributed by atoms with Crippen LogP contribution in [-0.2, 0) is 9.53 Å². The van der Waals surface area contributed by atoms with Gasteiger partial charge in [-0.1, -0.05) is 15.9 Å². The topological polar surface area (TPSA) is 99.7 Å². The molecule has 0 spiro atoms. The lowest BCUT2D eigenvalue weighted by molar-refractivity contribution is -0.116. The fourth-order valence-corrected chi connectivity index (χ4v) is 2.13. The van der Waals surface area contributed by atoms with Crippen molar-refractivity contribution in [2.75, 3.05) is 30.3 Å². The second-order valence-electron chi connectivity index (χ2n) is 6.07. The standard InChI is InChI=1S/C16H24BrN3O4/c1-16(2,3)24-15(23)19-7-6-14(22)20-13-10-11(17)4-5-12(13)18-8-9-21/h4-5,10,18,21H,6-9H2,1-3H3,(H,19,23)(H,20,22). The largest absolute Gasteiger partial charge is 0.444 e. The van der Waals surface area contributed by atoms with Crippen molar-refractivity contribution in [3.05, 3.63) is 22.7 Å². The Morgan fingerprint density at radius 2 is 1.92 bits per heavy atom. The number of hydrogen-bond acceptors (Lipinski definition) is 5. The third-order valence-electron chi connectivity index (χ3n) is 2.70. The quantitative estimate of drug-likeness (QED) is 0.562. The minimum Gasteiger partial charge on any atom is -0.444 e. The SMILES string of the molecule is CC(C)(C)OC(=O)NCCC(=O)Nc1cc(Br)ccc1NCCO. The Bertz CT molecular complexity index is 573. The van der Waals surface area contributed by atoms with Gasteiger partial charge in [-0.3, -0.25) is 4.79 Å². The average Bonchev–Trinajstić information content (AvgIpc) is 2.44. The highest BCUT2D eigenvalue weighted by atomic mass is 79.9. The fraction of sp³-hybridized carbons (Fsp3) is 0.500. The molecule has 7 nitrogen and oxygen atoms in total. The molecule has 0 saturated heterocycles. The molecule has 0 aromatic heterocycles. The zero-order valence-corrected chi connectivity index (χ0v) is 15.7. The first-order chi connectivity index (χ1) is 11.2. The Hall–Kier alpha value is -1.80. The van der Waals surface area contributed by atoms with Crippen LogP contribution in [0.15, 0.2) is 22.7 Å². The first kappa shape index (κ1) is 20.2. The molecule has 24 heavy (non-hydrogen) atoms. The summed E-state index contributed by atoms with van der Waals surface area (Å²) < 4.78 is 5.91. The molecular weight excluding hydrogens is 378 g/mol. The Labute approximate surface area is 150 Å². The average molecular weight is 402 g/mol. The van der Waals surface area contributed by atoms with Crippen LogP contribution >= 0.6 is 15.9 Å². The van der Waals surface area contributed by atoms with E-state index in [1.54, 1.807) is 32.9 Å². The number of halogens is 1. The number of nitrogens with one attached hydrogen (secondary N) is 3. The van der Waals surface area contributed by atoms with Crippen molar-refractivity contribution in [2.24, 2.45) is 0 Å². The van der Waals surface area contributed by atoms with Crippen LogP contribution < -0.4 is 16.0 Å². The number of alkyl carbamates (subject to hydrolysis) is 1. The summed E-state index contributed by atoms with van der Waals surface area (Å²) in [6.07, 6.45) is -0.436. The summed E-state index contributed by atoms with van der Waals surface area (Å²) in [4.78, 5) is 23.5. The van der Waals surface area contributed by atoms with Gasteiger partial charge in [0.1, 0.15) is 5.60 Å². The summed E-state index contributed by atoms with van der Waals surface area (Å²) in [5, 5.41) is 17.2. The molecule has 4 N–H and O–H groups in total. The van der Waals surface area contributed by atoms with Gasteiger partial charge >= 0.3 is 6.09 Å². The maximum Gasteiger partial charge on any atom is 0.407 e. The summed E-state index contributed by atoms with van der Waals surface area (Å²) >= 11 is 3.35. The molecule has 0 atom stereocenters. The van der Waals surface area contributed by atoms with Crippen molar-refractivity contribution in [1.29, 1.82) is 0 Å². The molecule has 2 amide bonds. The van der Waals surface area contributed by atoms with Gasteiger partial charge in [0.15, 0.2) is 0 Å². The molecule has 0 heterocycles. The highest BCUT2D eigenvalue weighted by Crippen LogP contribution is 2.26.